The van der Waals surface area contributed by atoms with E-state index < -0.39 is 0 Å². The predicted molar refractivity (Wildman–Crippen MR) is 56.1 cm³/mol. The lowest BCUT2D eigenvalue weighted by Gasteiger charge is -1.97. The van der Waals surface area contributed by atoms with Crippen molar-refractivity contribution in [3.8, 4) is 11.8 Å². The van der Waals surface area contributed by atoms with Crippen molar-refractivity contribution in [1.82, 2.24) is 0 Å². The molecule has 13 heavy (non-hydrogen) atoms. The zero-order valence-electron chi connectivity index (χ0n) is 6.98. The van der Waals surface area contributed by atoms with Gasteiger partial charge in [-0.15, -0.1) is 0 Å². The standard InChI is InChI=1S/C10H9BrFN/c11-7-2-1-4-8-9(12)5-3-6-10(8)13/h3,5-6H,2,7,13H2. The van der Waals surface area contributed by atoms with Crippen molar-refractivity contribution in [2.75, 3.05) is 11.1 Å². The molecule has 1 rings (SSSR count). The predicted octanol–water partition coefficient (Wildman–Crippen LogP) is 2.54. The zero-order valence-corrected chi connectivity index (χ0v) is 8.57. The van der Waals surface area contributed by atoms with Crippen molar-refractivity contribution in [3.63, 3.8) is 0 Å². The molecule has 0 fully saturated rings. The van der Waals surface area contributed by atoms with Crippen LogP contribution in [0.15, 0.2) is 18.2 Å². The first kappa shape index (κ1) is 10.1. The molecule has 1 aromatic rings. The third-order valence-corrected chi connectivity index (χ3v) is 1.88. The molecule has 1 nitrogen and oxygen atoms in total. The van der Waals surface area contributed by atoms with Gasteiger partial charge in [-0.25, -0.2) is 4.39 Å². The highest BCUT2D eigenvalue weighted by Gasteiger charge is 2.00. The van der Waals surface area contributed by atoms with Crippen LogP contribution in [0.3, 0.4) is 0 Å². The summed E-state index contributed by atoms with van der Waals surface area (Å²) in [6, 6.07) is 4.57. The third kappa shape index (κ3) is 2.74. The molecule has 0 saturated carbocycles. The maximum absolute atomic E-state index is 13.1. The van der Waals surface area contributed by atoms with Gasteiger partial charge in [0.15, 0.2) is 0 Å². The van der Waals surface area contributed by atoms with E-state index in [2.05, 4.69) is 27.8 Å². The van der Waals surface area contributed by atoms with E-state index in [0.29, 0.717) is 17.7 Å². The molecule has 0 aliphatic rings. The molecule has 0 amide bonds. The van der Waals surface area contributed by atoms with E-state index in [1.165, 1.54) is 6.07 Å². The molecule has 0 atom stereocenters. The quantitative estimate of drug-likeness (QED) is 0.457. The van der Waals surface area contributed by atoms with Crippen molar-refractivity contribution in [2.24, 2.45) is 0 Å². The molecular formula is C10H9BrFN. The first-order valence-electron chi connectivity index (χ1n) is 3.84. The molecule has 0 spiro atoms. The maximum atomic E-state index is 13.1. The Hall–Kier alpha value is -1.01. The van der Waals surface area contributed by atoms with Crippen LogP contribution in [0.2, 0.25) is 0 Å². The van der Waals surface area contributed by atoms with Crippen LogP contribution in [0.1, 0.15) is 12.0 Å². The fourth-order valence-electron chi connectivity index (χ4n) is 0.871. The third-order valence-electron chi connectivity index (χ3n) is 1.48. The molecule has 0 aliphatic carbocycles. The number of halogens is 2. The van der Waals surface area contributed by atoms with Crippen LogP contribution >= 0.6 is 15.9 Å². The molecule has 0 heterocycles. The van der Waals surface area contributed by atoms with Gasteiger partial charge in [0, 0.05) is 11.8 Å². The van der Waals surface area contributed by atoms with Gasteiger partial charge in [-0.1, -0.05) is 33.8 Å². The van der Waals surface area contributed by atoms with Crippen LogP contribution < -0.4 is 5.73 Å². The van der Waals surface area contributed by atoms with Gasteiger partial charge >= 0.3 is 0 Å². The normalized spacial score (nSPS) is 9.08. The van der Waals surface area contributed by atoms with Gasteiger partial charge < -0.3 is 5.73 Å². The monoisotopic (exact) mass is 241 g/mol. The molecule has 0 aliphatic heterocycles. The average Bonchev–Trinajstić information content (AvgIpc) is 2.10. The molecule has 0 unspecified atom stereocenters. The number of rotatable bonds is 1. The Bertz CT molecular complexity index is 331. The lowest BCUT2D eigenvalue weighted by atomic mass is 10.1. The summed E-state index contributed by atoms with van der Waals surface area (Å²) in [5, 5.41) is 0.786. The van der Waals surface area contributed by atoms with Gasteiger partial charge in [0.2, 0.25) is 0 Å². The number of nitrogens with two attached hydrogens (primary N) is 1. The van der Waals surface area contributed by atoms with Crippen LogP contribution in [0.25, 0.3) is 0 Å². The van der Waals surface area contributed by atoms with E-state index in [-0.39, 0.29) is 5.82 Å². The van der Waals surface area contributed by atoms with E-state index in [1.54, 1.807) is 12.1 Å². The number of anilines is 1. The SMILES string of the molecule is Nc1cccc(F)c1C#CCCBr. The maximum Gasteiger partial charge on any atom is 0.140 e. The molecule has 0 saturated heterocycles. The summed E-state index contributed by atoms with van der Waals surface area (Å²) < 4.78 is 13.1. The van der Waals surface area contributed by atoms with Crippen LogP contribution in [0.4, 0.5) is 10.1 Å². The topological polar surface area (TPSA) is 26.0 Å². The average molecular weight is 242 g/mol. The van der Waals surface area contributed by atoms with Crippen LogP contribution in [0.5, 0.6) is 0 Å². The molecule has 0 bridgehead atoms. The summed E-state index contributed by atoms with van der Waals surface area (Å²) in [6.07, 6.45) is 0.688. The highest BCUT2D eigenvalue weighted by Crippen LogP contribution is 2.13. The second-order valence-corrected chi connectivity index (χ2v) is 3.24. The van der Waals surface area contributed by atoms with Gasteiger partial charge in [-0.2, -0.15) is 0 Å². The molecule has 0 radical (unpaired) electrons. The minimum Gasteiger partial charge on any atom is -0.398 e. The first-order valence-corrected chi connectivity index (χ1v) is 4.96. The molecular weight excluding hydrogens is 233 g/mol. The molecule has 3 heteroatoms. The van der Waals surface area contributed by atoms with E-state index in [1.807, 2.05) is 0 Å². The highest BCUT2D eigenvalue weighted by atomic mass is 79.9. The van der Waals surface area contributed by atoms with Crippen LogP contribution in [-0.2, 0) is 0 Å². The van der Waals surface area contributed by atoms with Crippen molar-refractivity contribution < 1.29 is 4.39 Å². The Labute approximate surface area is 85.3 Å². The van der Waals surface area contributed by atoms with Crippen molar-refractivity contribution in [1.29, 1.82) is 0 Å². The fourth-order valence-corrected chi connectivity index (χ4v) is 1.07. The summed E-state index contributed by atoms with van der Waals surface area (Å²) in [5.74, 6) is 5.16. The highest BCUT2D eigenvalue weighted by molar-refractivity contribution is 9.09. The minimum absolute atomic E-state index is 0.295. The van der Waals surface area contributed by atoms with Crippen LogP contribution in [-0.4, -0.2) is 5.33 Å². The van der Waals surface area contributed by atoms with Crippen molar-refractivity contribution in [2.45, 2.75) is 6.42 Å². The van der Waals surface area contributed by atoms with Crippen molar-refractivity contribution in [3.05, 3.63) is 29.6 Å². The van der Waals surface area contributed by atoms with E-state index in [4.69, 9.17) is 5.73 Å². The molecule has 68 valence electrons. The Morgan fingerprint density at radius 1 is 1.46 bits per heavy atom. The number of hydrogen-bond donors (Lipinski definition) is 1. The molecule has 0 aromatic heterocycles. The van der Waals surface area contributed by atoms with Gasteiger partial charge in [0.1, 0.15) is 5.82 Å². The Kier molecular flexibility index (Phi) is 3.78. The Balaban J connectivity index is 2.95. The van der Waals surface area contributed by atoms with Gasteiger partial charge in [0.25, 0.3) is 0 Å². The number of nitrogen functional groups attached to an aromatic ring is 1. The van der Waals surface area contributed by atoms with E-state index in [9.17, 15) is 4.39 Å². The number of benzene rings is 1. The number of hydrogen-bond acceptors (Lipinski definition) is 1. The smallest absolute Gasteiger partial charge is 0.140 e. The summed E-state index contributed by atoms with van der Waals surface area (Å²) in [4.78, 5) is 0. The summed E-state index contributed by atoms with van der Waals surface area (Å²) in [6.45, 7) is 0. The fraction of sp³-hybridized carbons (Fsp3) is 0.200. The molecule has 1 aromatic carbocycles. The van der Waals surface area contributed by atoms with Gasteiger partial charge in [-0.05, 0) is 12.1 Å². The van der Waals surface area contributed by atoms with E-state index in [0.717, 1.165) is 5.33 Å². The number of alkyl halides is 1. The lowest BCUT2D eigenvalue weighted by molar-refractivity contribution is 0.625. The molecule has 2 N–H and O–H groups in total. The van der Waals surface area contributed by atoms with Gasteiger partial charge in [-0.3, -0.25) is 0 Å². The Morgan fingerprint density at radius 3 is 2.85 bits per heavy atom. The second kappa shape index (κ2) is 4.88. The lowest BCUT2D eigenvalue weighted by Crippen LogP contribution is -1.93. The Morgan fingerprint density at radius 2 is 2.23 bits per heavy atom. The summed E-state index contributed by atoms with van der Waals surface area (Å²) >= 11 is 3.23. The van der Waals surface area contributed by atoms with E-state index >= 15 is 0 Å². The summed E-state index contributed by atoms with van der Waals surface area (Å²) in [5.41, 5.74) is 6.24. The summed E-state index contributed by atoms with van der Waals surface area (Å²) in [7, 11) is 0. The van der Waals surface area contributed by atoms with Gasteiger partial charge in [0.05, 0.1) is 11.3 Å². The zero-order chi connectivity index (χ0) is 9.68. The van der Waals surface area contributed by atoms with Crippen LogP contribution in [0, 0.1) is 17.7 Å². The largest absolute Gasteiger partial charge is 0.398 e. The minimum atomic E-state index is -0.359. The second-order valence-electron chi connectivity index (χ2n) is 2.44. The first-order chi connectivity index (χ1) is 6.25. The van der Waals surface area contributed by atoms with Crippen molar-refractivity contribution >= 4 is 21.6 Å².